The van der Waals surface area contributed by atoms with Gasteiger partial charge in [-0.1, -0.05) is 18.2 Å². The topological polar surface area (TPSA) is 104 Å². The molecule has 0 aromatic heterocycles. The van der Waals surface area contributed by atoms with Crippen molar-refractivity contribution in [2.45, 2.75) is 38.6 Å². The molecular weight excluding hydrogens is 344 g/mol. The van der Waals surface area contributed by atoms with Gasteiger partial charge in [0.1, 0.15) is 0 Å². The van der Waals surface area contributed by atoms with Crippen LogP contribution < -0.4 is 5.32 Å². The molecule has 7 nitrogen and oxygen atoms in total. The number of carboxylic acid groups (broad SMARTS) is 1. The van der Waals surface area contributed by atoms with Crippen LogP contribution in [0, 0.1) is 0 Å². The highest BCUT2D eigenvalue weighted by Crippen LogP contribution is 2.15. The van der Waals surface area contributed by atoms with Crippen LogP contribution in [0.1, 0.15) is 42.1 Å². The summed E-state index contributed by atoms with van der Waals surface area (Å²) in [6.07, 6.45) is 1.75. The van der Waals surface area contributed by atoms with Gasteiger partial charge in [-0.2, -0.15) is 0 Å². The fourth-order valence-electron chi connectivity index (χ4n) is 2.96. The average molecular weight is 368 g/mol. The Morgan fingerprint density at radius 3 is 2.48 bits per heavy atom. The molecule has 0 spiro atoms. The van der Waals surface area contributed by atoms with Crippen LogP contribution in [0.5, 0.6) is 0 Å². The Hall–Kier alpha value is -1.93. The molecule has 0 bridgehead atoms. The van der Waals surface area contributed by atoms with E-state index in [1.54, 1.807) is 25.1 Å². The summed E-state index contributed by atoms with van der Waals surface area (Å²) in [6.45, 7) is 2.46. The number of carbonyl (C=O) groups excluding carboxylic acids is 1. The molecule has 1 heterocycles. The van der Waals surface area contributed by atoms with Crippen LogP contribution >= 0.6 is 0 Å². The van der Waals surface area contributed by atoms with Gasteiger partial charge in [-0.25, -0.2) is 17.5 Å². The fourth-order valence-corrected chi connectivity index (χ4v) is 4.09. The zero-order valence-corrected chi connectivity index (χ0v) is 15.1. The van der Waals surface area contributed by atoms with E-state index in [4.69, 9.17) is 5.11 Å². The van der Waals surface area contributed by atoms with Gasteiger partial charge in [-0.15, -0.1) is 0 Å². The molecule has 1 amide bonds. The number of nitrogens with one attached hydrogen (secondary N) is 1. The Labute approximate surface area is 148 Å². The first-order valence-corrected chi connectivity index (χ1v) is 10.0. The molecule has 2 rings (SSSR count). The number of sulfonamides is 1. The molecule has 25 heavy (non-hydrogen) atoms. The van der Waals surface area contributed by atoms with Gasteiger partial charge in [0.2, 0.25) is 15.9 Å². The van der Waals surface area contributed by atoms with Crippen LogP contribution in [-0.2, 0) is 21.2 Å². The van der Waals surface area contributed by atoms with Crippen LogP contribution in [0.15, 0.2) is 24.3 Å². The normalized spacial score (nSPS) is 16.5. The molecule has 2 N–H and O–H groups in total. The lowest BCUT2D eigenvalue weighted by molar-refractivity contribution is -0.122. The first-order valence-electron chi connectivity index (χ1n) is 8.42. The number of carbonyl (C=O) groups is 2. The number of hydrogen-bond donors (Lipinski definition) is 2. The van der Waals surface area contributed by atoms with E-state index in [9.17, 15) is 18.0 Å². The second kappa shape index (κ2) is 8.44. The van der Waals surface area contributed by atoms with E-state index in [1.165, 1.54) is 10.4 Å². The van der Waals surface area contributed by atoms with Crippen molar-refractivity contribution >= 4 is 21.9 Å². The largest absolute Gasteiger partial charge is 0.478 e. The fraction of sp³-hybridized carbons (Fsp3) is 0.529. The molecular formula is C17H24N2O5S. The number of rotatable bonds is 7. The lowest BCUT2D eigenvalue weighted by Gasteiger charge is -2.31. The van der Waals surface area contributed by atoms with Crippen molar-refractivity contribution in [2.75, 3.05) is 18.8 Å². The number of nitrogens with zero attached hydrogens (tertiary/aromatic N) is 1. The van der Waals surface area contributed by atoms with Crippen molar-refractivity contribution in [1.82, 2.24) is 9.62 Å². The summed E-state index contributed by atoms with van der Waals surface area (Å²) >= 11 is 0. The van der Waals surface area contributed by atoms with Crippen molar-refractivity contribution in [3.05, 3.63) is 35.4 Å². The summed E-state index contributed by atoms with van der Waals surface area (Å²) in [4.78, 5) is 23.3. The minimum Gasteiger partial charge on any atom is -0.478 e. The number of aromatic carboxylic acids is 1. The maximum absolute atomic E-state index is 12.1. The van der Waals surface area contributed by atoms with Crippen LogP contribution in [0.2, 0.25) is 0 Å². The molecule has 0 atom stereocenters. The van der Waals surface area contributed by atoms with E-state index in [0.717, 1.165) is 0 Å². The number of amides is 1. The second-order valence-corrected chi connectivity index (χ2v) is 8.36. The Bertz CT molecular complexity index is 724. The highest BCUT2D eigenvalue weighted by molar-refractivity contribution is 7.89. The lowest BCUT2D eigenvalue weighted by Crippen LogP contribution is -2.46. The molecule has 1 fully saturated rings. The van der Waals surface area contributed by atoms with E-state index in [0.29, 0.717) is 37.9 Å². The zero-order valence-electron chi connectivity index (χ0n) is 14.3. The quantitative estimate of drug-likeness (QED) is 0.754. The monoisotopic (exact) mass is 368 g/mol. The summed E-state index contributed by atoms with van der Waals surface area (Å²) in [5.41, 5.74) is 0.849. The Morgan fingerprint density at radius 1 is 1.24 bits per heavy atom. The molecule has 138 valence electrons. The van der Waals surface area contributed by atoms with Crippen molar-refractivity contribution in [2.24, 2.45) is 0 Å². The molecule has 0 saturated carbocycles. The molecule has 1 aliphatic rings. The predicted molar refractivity (Wildman–Crippen MR) is 93.9 cm³/mol. The van der Waals surface area contributed by atoms with Gasteiger partial charge in [0, 0.05) is 25.6 Å². The van der Waals surface area contributed by atoms with Gasteiger partial charge >= 0.3 is 5.97 Å². The van der Waals surface area contributed by atoms with Gasteiger partial charge in [0.25, 0.3) is 0 Å². The second-order valence-electron chi connectivity index (χ2n) is 6.10. The SMILES string of the molecule is CCS(=O)(=O)N1CCC(NC(=O)CCc2ccccc2C(=O)O)CC1. The summed E-state index contributed by atoms with van der Waals surface area (Å²) in [6, 6.07) is 6.62. The van der Waals surface area contributed by atoms with Crippen molar-refractivity contribution < 1.29 is 23.1 Å². The maximum Gasteiger partial charge on any atom is 0.335 e. The zero-order chi connectivity index (χ0) is 18.4. The Balaban J connectivity index is 1.82. The van der Waals surface area contributed by atoms with Crippen LogP contribution in [0.25, 0.3) is 0 Å². The third-order valence-electron chi connectivity index (χ3n) is 4.45. The van der Waals surface area contributed by atoms with Gasteiger partial charge in [0.15, 0.2) is 0 Å². The minimum absolute atomic E-state index is 0.0366. The van der Waals surface area contributed by atoms with Crippen LogP contribution in [0.3, 0.4) is 0 Å². The summed E-state index contributed by atoms with van der Waals surface area (Å²) in [5.74, 6) is -1.05. The molecule has 0 aliphatic carbocycles. The maximum atomic E-state index is 12.1. The average Bonchev–Trinajstić information content (AvgIpc) is 2.60. The highest BCUT2D eigenvalue weighted by atomic mass is 32.2. The third kappa shape index (κ3) is 5.27. The number of hydrogen-bond acceptors (Lipinski definition) is 4. The molecule has 8 heteroatoms. The van der Waals surface area contributed by atoms with E-state index >= 15 is 0 Å². The summed E-state index contributed by atoms with van der Waals surface area (Å²) < 4.78 is 25.1. The number of aryl methyl sites for hydroxylation is 1. The summed E-state index contributed by atoms with van der Waals surface area (Å²) in [7, 11) is -3.17. The Kier molecular flexibility index (Phi) is 6.55. The standard InChI is InChI=1S/C17H24N2O5S/c1-2-25(23,24)19-11-9-14(10-12-19)18-16(20)8-7-13-5-3-4-6-15(13)17(21)22/h3-6,14H,2,7-12H2,1H3,(H,18,20)(H,21,22). The van der Waals surface area contributed by atoms with Gasteiger partial charge < -0.3 is 10.4 Å². The molecule has 1 saturated heterocycles. The van der Waals surface area contributed by atoms with Gasteiger partial charge in [-0.3, -0.25) is 4.79 Å². The summed E-state index contributed by atoms with van der Waals surface area (Å²) in [5, 5.41) is 12.1. The van der Waals surface area contributed by atoms with Crippen molar-refractivity contribution in [3.63, 3.8) is 0 Å². The Morgan fingerprint density at radius 2 is 1.88 bits per heavy atom. The minimum atomic E-state index is -3.17. The van der Waals surface area contributed by atoms with Gasteiger partial charge in [-0.05, 0) is 37.8 Å². The highest BCUT2D eigenvalue weighted by Gasteiger charge is 2.27. The lowest BCUT2D eigenvalue weighted by atomic mass is 10.0. The van der Waals surface area contributed by atoms with Crippen LogP contribution in [-0.4, -0.2) is 54.6 Å². The van der Waals surface area contributed by atoms with Crippen molar-refractivity contribution in [3.8, 4) is 0 Å². The van der Waals surface area contributed by atoms with Crippen LogP contribution in [0.4, 0.5) is 0 Å². The smallest absolute Gasteiger partial charge is 0.335 e. The molecule has 1 aromatic carbocycles. The van der Waals surface area contributed by atoms with E-state index in [2.05, 4.69) is 5.32 Å². The van der Waals surface area contributed by atoms with E-state index < -0.39 is 16.0 Å². The van der Waals surface area contributed by atoms with Crippen molar-refractivity contribution in [1.29, 1.82) is 0 Å². The molecule has 1 aliphatic heterocycles. The third-order valence-corrected chi connectivity index (χ3v) is 6.33. The van der Waals surface area contributed by atoms with E-state index in [-0.39, 0.29) is 29.7 Å². The predicted octanol–water partition coefficient (Wildman–Crippen LogP) is 1.25. The van der Waals surface area contributed by atoms with Gasteiger partial charge in [0.05, 0.1) is 11.3 Å². The first-order chi connectivity index (χ1) is 11.8. The van der Waals surface area contributed by atoms with E-state index in [1.807, 2.05) is 0 Å². The number of benzene rings is 1. The molecule has 0 unspecified atom stereocenters. The molecule has 1 aromatic rings. The molecule has 0 radical (unpaired) electrons. The first kappa shape index (κ1) is 19.4. The number of carboxylic acids is 1. The number of piperidine rings is 1.